The first-order chi connectivity index (χ1) is 5.95. The quantitative estimate of drug-likeness (QED) is 0.827. The first-order valence-electron chi connectivity index (χ1n) is 3.31. The van der Waals surface area contributed by atoms with E-state index in [9.17, 15) is 8.42 Å². The van der Waals surface area contributed by atoms with Crippen molar-refractivity contribution in [2.45, 2.75) is 4.90 Å². The Morgan fingerprint density at radius 1 is 1.46 bits per heavy atom. The maximum Gasteiger partial charge on any atom is 0.238 e. The number of hydrogen-bond acceptors (Lipinski definition) is 3. The first kappa shape index (κ1) is 10.7. The van der Waals surface area contributed by atoms with Crippen LogP contribution < -0.4 is 9.88 Å². The molecule has 6 heteroatoms. The molecule has 0 saturated heterocycles. The molecule has 0 fully saturated rings. The topological polar surface area (TPSA) is 69.4 Å². The number of nitrogens with two attached hydrogens (primary N) is 1. The molecule has 0 heterocycles. The Balaban J connectivity index is 3.26. The molecule has 0 spiro atoms. The van der Waals surface area contributed by atoms with Crippen LogP contribution in [0.1, 0.15) is 0 Å². The lowest BCUT2D eigenvalue weighted by Crippen LogP contribution is -2.12. The van der Waals surface area contributed by atoms with Gasteiger partial charge >= 0.3 is 0 Å². The molecule has 0 aliphatic carbocycles. The van der Waals surface area contributed by atoms with E-state index in [0.717, 1.165) is 0 Å². The van der Waals surface area contributed by atoms with Crippen LogP contribution in [0.5, 0.6) is 5.75 Å². The minimum Gasteiger partial charge on any atom is -0.496 e. The Hall–Kier alpha value is -0.340. The third-order valence-corrected chi connectivity index (χ3v) is 3.21. The van der Waals surface area contributed by atoms with Crippen LogP contribution in [0.4, 0.5) is 0 Å². The maximum atomic E-state index is 10.9. The number of benzene rings is 1. The second kappa shape index (κ2) is 3.81. The first-order valence-corrected chi connectivity index (χ1v) is 5.94. The van der Waals surface area contributed by atoms with Gasteiger partial charge in [0.2, 0.25) is 10.0 Å². The fourth-order valence-electron chi connectivity index (χ4n) is 0.824. The molecule has 0 aromatic heterocycles. The van der Waals surface area contributed by atoms with Gasteiger partial charge in [0.25, 0.3) is 0 Å². The smallest absolute Gasteiger partial charge is 0.238 e. The van der Waals surface area contributed by atoms with Gasteiger partial charge in [-0.25, -0.2) is 13.6 Å². The fourth-order valence-corrected chi connectivity index (χ4v) is 2.31. The molecule has 0 aliphatic heterocycles. The van der Waals surface area contributed by atoms with E-state index in [-0.39, 0.29) is 4.90 Å². The highest BCUT2D eigenvalue weighted by Gasteiger charge is 2.09. The third kappa shape index (κ3) is 2.55. The van der Waals surface area contributed by atoms with Gasteiger partial charge in [0.05, 0.1) is 15.6 Å². The van der Waals surface area contributed by atoms with Gasteiger partial charge in [-0.15, -0.1) is 0 Å². The summed E-state index contributed by atoms with van der Waals surface area (Å²) in [4.78, 5) is 0.0951. The zero-order valence-electron chi connectivity index (χ0n) is 6.82. The molecule has 13 heavy (non-hydrogen) atoms. The molecule has 1 aromatic carbocycles. The Bertz CT molecular complexity index is 416. The second-order valence-corrected chi connectivity index (χ2v) is 5.06. The molecular formula is C7H8INO3S. The highest BCUT2D eigenvalue weighted by molar-refractivity contribution is 14.1. The summed E-state index contributed by atoms with van der Waals surface area (Å²) >= 11 is 1.98. The number of rotatable bonds is 2. The molecule has 72 valence electrons. The van der Waals surface area contributed by atoms with Gasteiger partial charge in [0, 0.05) is 0 Å². The molecule has 0 atom stereocenters. The highest BCUT2D eigenvalue weighted by atomic mass is 127. The molecule has 2 N–H and O–H groups in total. The molecule has 1 rings (SSSR count). The van der Waals surface area contributed by atoms with E-state index in [1.807, 2.05) is 22.6 Å². The highest BCUT2D eigenvalue weighted by Crippen LogP contribution is 2.22. The fraction of sp³-hybridized carbons (Fsp3) is 0.143. The van der Waals surface area contributed by atoms with E-state index in [0.29, 0.717) is 9.32 Å². The van der Waals surface area contributed by atoms with E-state index in [4.69, 9.17) is 9.88 Å². The van der Waals surface area contributed by atoms with Crippen LogP contribution in [0.2, 0.25) is 0 Å². The van der Waals surface area contributed by atoms with Crippen molar-refractivity contribution in [1.29, 1.82) is 0 Å². The van der Waals surface area contributed by atoms with Crippen LogP contribution in [-0.4, -0.2) is 15.5 Å². The number of halogens is 1. The largest absolute Gasteiger partial charge is 0.496 e. The molecule has 0 amide bonds. The van der Waals surface area contributed by atoms with Crippen molar-refractivity contribution in [3.05, 3.63) is 21.8 Å². The average molecular weight is 313 g/mol. The normalized spacial score (nSPS) is 11.3. The van der Waals surface area contributed by atoms with E-state index < -0.39 is 10.0 Å². The van der Waals surface area contributed by atoms with Crippen LogP contribution >= 0.6 is 22.6 Å². The van der Waals surface area contributed by atoms with Crippen LogP contribution in [0, 0.1) is 3.57 Å². The summed E-state index contributed by atoms with van der Waals surface area (Å²) in [7, 11) is -2.09. The maximum absolute atomic E-state index is 10.9. The minimum atomic E-state index is -3.61. The lowest BCUT2D eigenvalue weighted by Gasteiger charge is -2.04. The third-order valence-electron chi connectivity index (χ3n) is 1.45. The standard InChI is InChI=1S/C7H8INO3S/c1-12-7-3-2-5(4-6(7)8)13(9,10)11/h2-4H,1H3,(H2,9,10,11). The van der Waals surface area contributed by atoms with Gasteiger partial charge < -0.3 is 4.74 Å². The molecule has 0 saturated carbocycles. The zero-order valence-corrected chi connectivity index (χ0v) is 9.79. The summed E-state index contributed by atoms with van der Waals surface area (Å²) in [5.41, 5.74) is 0. The molecular weight excluding hydrogens is 305 g/mol. The van der Waals surface area contributed by atoms with Crippen molar-refractivity contribution in [1.82, 2.24) is 0 Å². The van der Waals surface area contributed by atoms with Crippen molar-refractivity contribution in [3.63, 3.8) is 0 Å². The minimum absolute atomic E-state index is 0.0951. The van der Waals surface area contributed by atoms with Gasteiger partial charge in [-0.3, -0.25) is 0 Å². The zero-order chi connectivity index (χ0) is 10.1. The molecule has 0 bridgehead atoms. The van der Waals surface area contributed by atoms with Crippen molar-refractivity contribution < 1.29 is 13.2 Å². The SMILES string of the molecule is COc1ccc(S(N)(=O)=O)cc1I. The Kier molecular flexibility index (Phi) is 3.14. The summed E-state index contributed by atoms with van der Waals surface area (Å²) in [5, 5.41) is 4.95. The lowest BCUT2D eigenvalue weighted by atomic mass is 10.3. The summed E-state index contributed by atoms with van der Waals surface area (Å²) in [6.45, 7) is 0. The van der Waals surface area contributed by atoms with Gasteiger partial charge in [0.15, 0.2) is 0 Å². The summed E-state index contributed by atoms with van der Waals surface area (Å²) < 4.78 is 27.5. The van der Waals surface area contributed by atoms with Crippen LogP contribution in [-0.2, 0) is 10.0 Å². The monoisotopic (exact) mass is 313 g/mol. The van der Waals surface area contributed by atoms with Gasteiger partial charge in [-0.05, 0) is 40.8 Å². The number of sulfonamides is 1. The van der Waals surface area contributed by atoms with E-state index in [1.54, 1.807) is 6.07 Å². The van der Waals surface area contributed by atoms with Crippen LogP contribution in [0.25, 0.3) is 0 Å². The van der Waals surface area contributed by atoms with Crippen molar-refractivity contribution in [2.75, 3.05) is 7.11 Å². The number of ether oxygens (including phenoxy) is 1. The van der Waals surface area contributed by atoms with Crippen LogP contribution in [0.3, 0.4) is 0 Å². The average Bonchev–Trinajstić information content (AvgIpc) is 2.02. The summed E-state index contributed by atoms with van der Waals surface area (Å²) in [5.74, 6) is 0.632. The predicted octanol–water partition coefficient (Wildman–Crippen LogP) is 0.947. The van der Waals surface area contributed by atoms with E-state index >= 15 is 0 Å². The molecule has 0 unspecified atom stereocenters. The molecule has 0 aliphatic rings. The number of hydrogen-bond donors (Lipinski definition) is 1. The van der Waals surface area contributed by atoms with E-state index in [1.165, 1.54) is 19.2 Å². The Labute approximate surface area is 90.3 Å². The Morgan fingerprint density at radius 3 is 2.46 bits per heavy atom. The lowest BCUT2D eigenvalue weighted by molar-refractivity contribution is 0.411. The van der Waals surface area contributed by atoms with Gasteiger partial charge in [-0.1, -0.05) is 0 Å². The van der Waals surface area contributed by atoms with Crippen LogP contribution in [0.15, 0.2) is 23.1 Å². The van der Waals surface area contributed by atoms with Crippen molar-refractivity contribution in [2.24, 2.45) is 5.14 Å². The van der Waals surface area contributed by atoms with Gasteiger partial charge in [-0.2, -0.15) is 0 Å². The van der Waals surface area contributed by atoms with Gasteiger partial charge in [0.1, 0.15) is 5.75 Å². The number of methoxy groups -OCH3 is 1. The second-order valence-electron chi connectivity index (χ2n) is 2.34. The summed E-state index contributed by atoms with van der Waals surface area (Å²) in [6.07, 6.45) is 0. The van der Waals surface area contributed by atoms with E-state index in [2.05, 4.69) is 0 Å². The Morgan fingerprint density at radius 2 is 2.08 bits per heavy atom. The molecule has 0 radical (unpaired) electrons. The molecule has 1 aromatic rings. The number of primary sulfonamides is 1. The predicted molar refractivity (Wildman–Crippen MR) is 57.1 cm³/mol. The molecule has 4 nitrogen and oxygen atoms in total. The summed E-state index contributed by atoms with van der Waals surface area (Å²) in [6, 6.07) is 4.45. The van der Waals surface area contributed by atoms with Crippen molar-refractivity contribution in [3.8, 4) is 5.75 Å². The van der Waals surface area contributed by atoms with Crippen molar-refractivity contribution >= 4 is 32.6 Å².